The normalized spacial score (nSPS) is 18.4. The fourth-order valence-corrected chi connectivity index (χ4v) is 4.03. The number of hydrogen-bond donors (Lipinski definition) is 3. The predicted molar refractivity (Wildman–Crippen MR) is 136 cm³/mol. The number of hydrogen-bond acceptors (Lipinski definition) is 7. The molecule has 1 aliphatic rings. The van der Waals surface area contributed by atoms with Crippen molar-refractivity contribution in [2.24, 2.45) is 0 Å². The summed E-state index contributed by atoms with van der Waals surface area (Å²) >= 11 is 0. The maximum atomic E-state index is 11.7. The van der Waals surface area contributed by atoms with Crippen LogP contribution >= 0.6 is 0 Å². The zero-order valence-corrected chi connectivity index (χ0v) is 21.9. The van der Waals surface area contributed by atoms with Gasteiger partial charge in [-0.15, -0.1) is 0 Å². The minimum absolute atomic E-state index is 0.209. The largest absolute Gasteiger partial charge is 0.478 e. The van der Waals surface area contributed by atoms with Crippen LogP contribution in [0.4, 0.5) is 16.4 Å². The first-order valence-corrected chi connectivity index (χ1v) is 12.5. The van der Waals surface area contributed by atoms with Gasteiger partial charge < -0.3 is 25.2 Å². The van der Waals surface area contributed by atoms with Crippen LogP contribution in [0.2, 0.25) is 0 Å². The molecule has 1 saturated carbocycles. The Morgan fingerprint density at radius 3 is 2.60 bits per heavy atom. The molecule has 0 aromatic carbocycles. The van der Waals surface area contributed by atoms with E-state index in [9.17, 15) is 9.90 Å². The average molecular weight is 488 g/mol. The van der Waals surface area contributed by atoms with E-state index < -0.39 is 11.7 Å². The first-order chi connectivity index (χ1) is 16.4. The number of rotatable bonds is 9. The van der Waals surface area contributed by atoms with Gasteiger partial charge in [0.05, 0.1) is 23.9 Å². The van der Waals surface area contributed by atoms with Crippen LogP contribution in [0.3, 0.4) is 0 Å². The van der Waals surface area contributed by atoms with Crippen LogP contribution in [0.15, 0.2) is 24.3 Å². The number of carbonyl (C=O) groups excluding carboxylic acids is 1. The Morgan fingerprint density at radius 1 is 1.17 bits per heavy atom. The summed E-state index contributed by atoms with van der Waals surface area (Å²) in [5.74, 6) is 2.36. The SMILES string of the molecule is CC(C)(C)OC(=O)NCCCCOc1cccc(Nc2cc([C@H]3CC[C@@H](O)C3)nn2C(C)(C)C)n1. The summed E-state index contributed by atoms with van der Waals surface area (Å²) in [6.07, 6.45) is 3.46. The number of ether oxygens (including phenoxy) is 2. The van der Waals surface area contributed by atoms with Crippen LogP contribution in [-0.2, 0) is 10.3 Å². The summed E-state index contributed by atoms with van der Waals surface area (Å²) in [4.78, 5) is 16.3. The van der Waals surface area contributed by atoms with E-state index in [0.717, 1.165) is 43.6 Å². The second-order valence-electron chi connectivity index (χ2n) is 11.2. The number of pyridine rings is 1. The number of unbranched alkanes of at least 4 members (excludes halogenated alkanes) is 1. The number of aromatic nitrogens is 3. The van der Waals surface area contributed by atoms with E-state index in [1.165, 1.54) is 0 Å². The maximum Gasteiger partial charge on any atom is 0.407 e. The topological polar surface area (TPSA) is 111 Å². The molecule has 0 bridgehead atoms. The summed E-state index contributed by atoms with van der Waals surface area (Å²) in [6.45, 7) is 12.9. The predicted octanol–water partition coefficient (Wildman–Crippen LogP) is 5.09. The Balaban J connectivity index is 1.53. The molecule has 35 heavy (non-hydrogen) atoms. The quantitative estimate of drug-likeness (QED) is 0.423. The second kappa shape index (κ2) is 11.3. The molecule has 0 saturated heterocycles. The van der Waals surface area contributed by atoms with Crippen molar-refractivity contribution in [3.63, 3.8) is 0 Å². The molecule has 2 aromatic heterocycles. The highest BCUT2D eigenvalue weighted by molar-refractivity contribution is 5.67. The zero-order valence-electron chi connectivity index (χ0n) is 21.9. The first-order valence-electron chi connectivity index (χ1n) is 12.5. The Kier molecular flexibility index (Phi) is 8.64. The van der Waals surface area contributed by atoms with Gasteiger partial charge in [0.2, 0.25) is 5.88 Å². The molecular formula is C26H41N5O4. The lowest BCUT2D eigenvalue weighted by molar-refractivity contribution is 0.0526. The molecule has 1 aliphatic carbocycles. The van der Waals surface area contributed by atoms with Crippen LogP contribution < -0.4 is 15.4 Å². The molecule has 3 rings (SSSR count). The van der Waals surface area contributed by atoms with Gasteiger partial charge >= 0.3 is 6.09 Å². The van der Waals surface area contributed by atoms with Crippen molar-refractivity contribution in [2.75, 3.05) is 18.5 Å². The Hall–Kier alpha value is -2.81. The summed E-state index contributed by atoms with van der Waals surface area (Å²) in [7, 11) is 0. The summed E-state index contributed by atoms with van der Waals surface area (Å²) in [5, 5.41) is 21.0. The molecule has 0 spiro atoms. The molecule has 0 aliphatic heterocycles. The molecule has 0 radical (unpaired) electrons. The molecular weight excluding hydrogens is 446 g/mol. The van der Waals surface area contributed by atoms with Gasteiger partial charge in [0.1, 0.15) is 17.2 Å². The van der Waals surface area contributed by atoms with Crippen molar-refractivity contribution in [2.45, 2.75) is 96.8 Å². The molecule has 2 atom stereocenters. The van der Waals surface area contributed by atoms with E-state index in [0.29, 0.717) is 24.8 Å². The highest BCUT2D eigenvalue weighted by Gasteiger charge is 2.29. The third-order valence-electron chi connectivity index (χ3n) is 5.66. The van der Waals surface area contributed by atoms with Gasteiger partial charge in [0.15, 0.2) is 0 Å². The van der Waals surface area contributed by atoms with Gasteiger partial charge in [0, 0.05) is 24.6 Å². The van der Waals surface area contributed by atoms with Crippen LogP contribution in [0.1, 0.15) is 85.3 Å². The lowest BCUT2D eigenvalue weighted by Gasteiger charge is -2.22. The smallest absolute Gasteiger partial charge is 0.407 e. The fourth-order valence-electron chi connectivity index (χ4n) is 4.03. The number of amides is 1. The number of nitrogens with one attached hydrogen (secondary N) is 2. The van der Waals surface area contributed by atoms with Crippen LogP contribution in [0, 0.1) is 0 Å². The van der Waals surface area contributed by atoms with E-state index in [1.807, 2.05) is 43.7 Å². The second-order valence-corrected chi connectivity index (χ2v) is 11.2. The van der Waals surface area contributed by atoms with Crippen molar-refractivity contribution in [3.05, 3.63) is 30.0 Å². The molecule has 2 aromatic rings. The van der Waals surface area contributed by atoms with Crippen molar-refractivity contribution < 1.29 is 19.4 Å². The number of nitrogens with zero attached hydrogens (tertiary/aromatic N) is 3. The van der Waals surface area contributed by atoms with E-state index in [1.54, 1.807) is 0 Å². The molecule has 3 N–H and O–H groups in total. The first kappa shape index (κ1) is 26.8. The van der Waals surface area contributed by atoms with Crippen LogP contribution in [-0.4, -0.2) is 50.8 Å². The highest BCUT2D eigenvalue weighted by Crippen LogP contribution is 2.36. The van der Waals surface area contributed by atoms with E-state index in [-0.39, 0.29) is 17.6 Å². The molecule has 1 amide bonds. The van der Waals surface area contributed by atoms with Crippen molar-refractivity contribution >= 4 is 17.7 Å². The number of carbonyl (C=O) groups is 1. The van der Waals surface area contributed by atoms with Gasteiger partial charge in [-0.1, -0.05) is 6.07 Å². The molecule has 194 valence electrons. The lowest BCUT2D eigenvalue weighted by atomic mass is 10.0. The van der Waals surface area contributed by atoms with Gasteiger partial charge in [-0.2, -0.15) is 10.1 Å². The molecule has 1 fully saturated rings. The molecule has 2 heterocycles. The van der Waals surface area contributed by atoms with Crippen molar-refractivity contribution in [1.29, 1.82) is 0 Å². The summed E-state index contributed by atoms with van der Waals surface area (Å²) < 4.78 is 13.0. The minimum atomic E-state index is -0.497. The van der Waals surface area contributed by atoms with Crippen molar-refractivity contribution in [3.8, 4) is 5.88 Å². The van der Waals surface area contributed by atoms with Gasteiger partial charge in [-0.25, -0.2) is 9.48 Å². The highest BCUT2D eigenvalue weighted by atomic mass is 16.6. The average Bonchev–Trinajstić information content (AvgIpc) is 3.36. The Morgan fingerprint density at radius 2 is 1.94 bits per heavy atom. The number of aliphatic hydroxyl groups is 1. The maximum absolute atomic E-state index is 11.7. The summed E-state index contributed by atoms with van der Waals surface area (Å²) in [6, 6.07) is 7.70. The van der Waals surface area contributed by atoms with Crippen LogP contribution in [0.25, 0.3) is 0 Å². The third-order valence-corrected chi connectivity index (χ3v) is 5.66. The van der Waals surface area contributed by atoms with Gasteiger partial charge in [-0.3, -0.25) is 0 Å². The molecule has 9 nitrogen and oxygen atoms in total. The molecule has 9 heteroatoms. The Labute approximate surface area is 208 Å². The van der Waals surface area contributed by atoms with Crippen LogP contribution in [0.5, 0.6) is 5.88 Å². The standard InChI is InChI=1S/C26H41N5O4/c1-25(2,3)31-22(17-20(30-31)18-12-13-19(32)16-18)28-21-10-9-11-23(29-21)34-15-8-7-14-27-24(33)35-26(4,5)6/h9-11,17-19,32H,7-8,12-16H2,1-6H3,(H,27,33)(H,28,29)/t18-,19+/m0/s1. The number of anilines is 2. The summed E-state index contributed by atoms with van der Waals surface area (Å²) in [5.41, 5.74) is 0.300. The molecule has 0 unspecified atom stereocenters. The third kappa shape index (κ3) is 8.42. The van der Waals surface area contributed by atoms with Gasteiger partial charge in [0.25, 0.3) is 0 Å². The number of alkyl carbamates (subject to hydrolysis) is 1. The zero-order chi connectivity index (χ0) is 25.6. The number of aliphatic hydroxyl groups excluding tert-OH is 1. The fraction of sp³-hybridized carbons (Fsp3) is 0.654. The van der Waals surface area contributed by atoms with E-state index in [4.69, 9.17) is 14.6 Å². The monoisotopic (exact) mass is 487 g/mol. The van der Waals surface area contributed by atoms with Crippen molar-refractivity contribution in [1.82, 2.24) is 20.1 Å². The lowest BCUT2D eigenvalue weighted by Crippen LogP contribution is -2.33. The van der Waals surface area contributed by atoms with E-state index >= 15 is 0 Å². The van der Waals surface area contributed by atoms with E-state index in [2.05, 4.69) is 42.5 Å². The minimum Gasteiger partial charge on any atom is -0.478 e. The Bertz CT molecular complexity index is 977. The van der Waals surface area contributed by atoms with Gasteiger partial charge in [-0.05, 0) is 79.7 Å².